The van der Waals surface area contributed by atoms with E-state index >= 15 is 0 Å². The molecule has 3 heteroatoms. The zero-order valence-electron chi connectivity index (χ0n) is 9.16. The van der Waals surface area contributed by atoms with Crippen molar-refractivity contribution in [2.24, 2.45) is 0 Å². The zero-order chi connectivity index (χ0) is 10.7. The third-order valence-electron chi connectivity index (χ3n) is 2.15. The second-order valence-electron chi connectivity index (χ2n) is 3.85. The summed E-state index contributed by atoms with van der Waals surface area (Å²) < 4.78 is 0. The van der Waals surface area contributed by atoms with E-state index in [0.717, 1.165) is 5.02 Å². The number of hydrogen-bond donors (Lipinski definition) is 0. The fraction of sp³-hybridized carbons (Fsp3) is 0.455. The highest BCUT2D eigenvalue weighted by Gasteiger charge is 2.15. The number of benzene rings is 1. The van der Waals surface area contributed by atoms with Crippen molar-refractivity contribution in [3.8, 4) is 0 Å². The van der Waals surface area contributed by atoms with Gasteiger partial charge in [-0.25, -0.2) is 0 Å². The molecule has 1 aromatic carbocycles. The minimum Gasteiger partial charge on any atom is -0.290 e. The molecule has 0 saturated heterocycles. The summed E-state index contributed by atoms with van der Waals surface area (Å²) in [4.78, 5) is 4.34. The Hall–Kier alpha value is -0.570. The molecular formula is C11H17ClN2. The maximum absolute atomic E-state index is 5.85. The van der Waals surface area contributed by atoms with E-state index in [4.69, 9.17) is 11.6 Å². The molecular weight excluding hydrogens is 196 g/mol. The molecule has 0 N–H and O–H groups in total. The second kappa shape index (κ2) is 4.78. The third-order valence-corrected chi connectivity index (χ3v) is 2.40. The molecule has 0 radical (unpaired) electrons. The quantitative estimate of drug-likeness (QED) is 0.711. The van der Waals surface area contributed by atoms with E-state index in [1.165, 1.54) is 5.56 Å². The highest BCUT2D eigenvalue weighted by atomic mass is 35.5. The van der Waals surface area contributed by atoms with E-state index in [1.807, 2.05) is 12.1 Å². The maximum atomic E-state index is 5.85. The van der Waals surface area contributed by atoms with Crippen LogP contribution in [0.4, 0.5) is 0 Å². The summed E-state index contributed by atoms with van der Waals surface area (Å²) in [6.45, 7) is 0. The van der Waals surface area contributed by atoms with E-state index in [2.05, 4.69) is 50.1 Å². The van der Waals surface area contributed by atoms with Gasteiger partial charge >= 0.3 is 0 Å². The van der Waals surface area contributed by atoms with Crippen molar-refractivity contribution >= 4 is 11.6 Å². The Labute approximate surface area is 91.1 Å². The Kier molecular flexibility index (Phi) is 3.93. The Morgan fingerprint density at radius 2 is 1.36 bits per heavy atom. The molecule has 0 spiro atoms. The van der Waals surface area contributed by atoms with Gasteiger partial charge in [0.25, 0.3) is 0 Å². The second-order valence-corrected chi connectivity index (χ2v) is 4.29. The number of halogens is 1. The standard InChI is InChI=1S/C11H17ClN2/c1-13(2)11(14(3)4)9-5-7-10(12)8-6-9/h5-8,11H,1-4H3. The van der Waals surface area contributed by atoms with Crippen LogP contribution < -0.4 is 0 Å². The molecule has 78 valence electrons. The summed E-state index contributed by atoms with van der Waals surface area (Å²) >= 11 is 5.85. The van der Waals surface area contributed by atoms with Gasteiger partial charge < -0.3 is 0 Å². The molecule has 14 heavy (non-hydrogen) atoms. The van der Waals surface area contributed by atoms with Gasteiger partial charge in [-0.05, 0) is 45.9 Å². The average Bonchev–Trinajstić information content (AvgIpc) is 2.07. The Bertz CT molecular complexity index is 272. The van der Waals surface area contributed by atoms with Crippen LogP contribution in [0.2, 0.25) is 5.02 Å². The van der Waals surface area contributed by atoms with Crippen LogP contribution in [-0.4, -0.2) is 38.0 Å². The first-order valence-corrected chi connectivity index (χ1v) is 4.98. The average molecular weight is 213 g/mol. The number of nitrogens with zero attached hydrogens (tertiary/aromatic N) is 2. The minimum atomic E-state index is 0.298. The monoisotopic (exact) mass is 212 g/mol. The van der Waals surface area contributed by atoms with Gasteiger partial charge in [-0.2, -0.15) is 0 Å². The predicted molar refractivity (Wildman–Crippen MR) is 61.6 cm³/mol. The summed E-state index contributed by atoms with van der Waals surface area (Å²) in [5.74, 6) is 0. The van der Waals surface area contributed by atoms with Crippen LogP contribution >= 0.6 is 11.6 Å². The van der Waals surface area contributed by atoms with E-state index in [0.29, 0.717) is 6.17 Å². The lowest BCUT2D eigenvalue weighted by molar-refractivity contribution is 0.131. The lowest BCUT2D eigenvalue weighted by Gasteiger charge is -2.30. The molecule has 0 aliphatic rings. The Balaban J connectivity index is 2.94. The van der Waals surface area contributed by atoms with Crippen LogP contribution in [0, 0.1) is 0 Å². The summed E-state index contributed by atoms with van der Waals surface area (Å²) in [6, 6.07) is 7.98. The van der Waals surface area contributed by atoms with Crippen molar-refractivity contribution in [2.75, 3.05) is 28.2 Å². The van der Waals surface area contributed by atoms with E-state index in [1.54, 1.807) is 0 Å². The summed E-state index contributed by atoms with van der Waals surface area (Å²) in [7, 11) is 8.27. The van der Waals surface area contributed by atoms with Crippen molar-refractivity contribution in [1.29, 1.82) is 0 Å². The van der Waals surface area contributed by atoms with E-state index in [-0.39, 0.29) is 0 Å². The molecule has 0 aliphatic carbocycles. The number of hydrogen-bond acceptors (Lipinski definition) is 2. The summed E-state index contributed by atoms with van der Waals surface area (Å²) in [6.07, 6.45) is 0.298. The van der Waals surface area contributed by atoms with Crippen LogP contribution in [0.15, 0.2) is 24.3 Å². The van der Waals surface area contributed by atoms with Gasteiger partial charge in [-0.15, -0.1) is 0 Å². The normalized spacial score (nSPS) is 11.7. The van der Waals surface area contributed by atoms with E-state index < -0.39 is 0 Å². The first-order valence-electron chi connectivity index (χ1n) is 4.60. The smallest absolute Gasteiger partial charge is 0.0876 e. The first-order chi connectivity index (χ1) is 6.52. The molecule has 0 heterocycles. The van der Waals surface area contributed by atoms with Crippen LogP contribution in [0.1, 0.15) is 11.7 Å². The molecule has 1 aromatic rings. The van der Waals surface area contributed by atoms with Gasteiger partial charge in [-0.3, -0.25) is 9.80 Å². The van der Waals surface area contributed by atoms with Crippen LogP contribution in [0.3, 0.4) is 0 Å². The van der Waals surface area contributed by atoms with Crippen molar-refractivity contribution in [1.82, 2.24) is 9.80 Å². The SMILES string of the molecule is CN(C)C(c1ccc(Cl)cc1)N(C)C. The Morgan fingerprint density at radius 1 is 0.929 bits per heavy atom. The lowest BCUT2D eigenvalue weighted by atomic mass is 10.1. The first kappa shape index (κ1) is 11.5. The van der Waals surface area contributed by atoms with Crippen LogP contribution in [0.25, 0.3) is 0 Å². The largest absolute Gasteiger partial charge is 0.290 e. The van der Waals surface area contributed by atoms with Gasteiger partial charge in [-0.1, -0.05) is 23.7 Å². The molecule has 0 aliphatic heterocycles. The zero-order valence-corrected chi connectivity index (χ0v) is 9.92. The van der Waals surface area contributed by atoms with Crippen LogP contribution in [-0.2, 0) is 0 Å². The van der Waals surface area contributed by atoms with Gasteiger partial charge in [0, 0.05) is 5.02 Å². The van der Waals surface area contributed by atoms with Crippen molar-refractivity contribution < 1.29 is 0 Å². The minimum absolute atomic E-state index is 0.298. The molecule has 2 nitrogen and oxygen atoms in total. The predicted octanol–water partition coefficient (Wildman–Crippen LogP) is 2.46. The van der Waals surface area contributed by atoms with Crippen molar-refractivity contribution in [3.05, 3.63) is 34.9 Å². The van der Waals surface area contributed by atoms with Crippen LogP contribution in [0.5, 0.6) is 0 Å². The molecule has 0 aromatic heterocycles. The summed E-state index contributed by atoms with van der Waals surface area (Å²) in [5.41, 5.74) is 1.25. The van der Waals surface area contributed by atoms with Gasteiger partial charge in [0.05, 0.1) is 6.17 Å². The van der Waals surface area contributed by atoms with E-state index in [9.17, 15) is 0 Å². The Morgan fingerprint density at radius 3 is 1.71 bits per heavy atom. The maximum Gasteiger partial charge on any atom is 0.0876 e. The topological polar surface area (TPSA) is 6.48 Å². The van der Waals surface area contributed by atoms with Gasteiger partial charge in [0.15, 0.2) is 0 Å². The summed E-state index contributed by atoms with van der Waals surface area (Å²) in [5, 5.41) is 0.782. The fourth-order valence-electron chi connectivity index (χ4n) is 1.69. The molecule has 0 unspecified atom stereocenters. The third kappa shape index (κ3) is 2.71. The molecule has 0 fully saturated rings. The van der Waals surface area contributed by atoms with Crippen molar-refractivity contribution in [3.63, 3.8) is 0 Å². The molecule has 0 bridgehead atoms. The highest BCUT2D eigenvalue weighted by molar-refractivity contribution is 6.30. The molecule has 0 amide bonds. The fourth-order valence-corrected chi connectivity index (χ4v) is 1.82. The number of rotatable bonds is 3. The van der Waals surface area contributed by atoms with Crippen molar-refractivity contribution in [2.45, 2.75) is 6.17 Å². The van der Waals surface area contributed by atoms with Gasteiger partial charge in [0.2, 0.25) is 0 Å². The van der Waals surface area contributed by atoms with Gasteiger partial charge in [0.1, 0.15) is 0 Å². The lowest BCUT2D eigenvalue weighted by Crippen LogP contribution is -2.32. The molecule has 0 saturated carbocycles. The highest BCUT2D eigenvalue weighted by Crippen LogP contribution is 2.21. The molecule has 1 rings (SSSR count). The molecule has 0 atom stereocenters.